The molecule has 24 heavy (non-hydrogen) atoms. The van der Waals surface area contributed by atoms with Crippen LogP contribution in [0.3, 0.4) is 0 Å². The molecule has 0 atom stereocenters. The summed E-state index contributed by atoms with van der Waals surface area (Å²) in [6, 6.07) is 7.00. The van der Waals surface area contributed by atoms with Crippen LogP contribution >= 0.6 is 11.8 Å². The fourth-order valence-corrected chi connectivity index (χ4v) is 2.64. The molecule has 3 aromatic rings. The first-order valence-corrected chi connectivity index (χ1v) is 7.86. The normalized spacial score (nSPS) is 10.7. The van der Waals surface area contributed by atoms with Crippen LogP contribution in [0.4, 0.5) is 11.6 Å². The van der Waals surface area contributed by atoms with Crippen LogP contribution in [0.1, 0.15) is 0 Å². The highest BCUT2D eigenvalue weighted by atomic mass is 32.2. The largest absolute Gasteiger partial charge is 0.497 e. The lowest BCUT2D eigenvalue weighted by Gasteiger charge is -2.05. The number of fused-ring (bicyclic) bond motifs is 1. The van der Waals surface area contributed by atoms with E-state index < -0.39 is 5.56 Å². The molecule has 2 aromatic heterocycles. The van der Waals surface area contributed by atoms with E-state index in [4.69, 9.17) is 10.5 Å². The molecule has 0 unspecified atom stereocenters. The van der Waals surface area contributed by atoms with Crippen molar-refractivity contribution in [2.75, 3.05) is 23.9 Å². The number of nitrogens with two attached hydrogens (primary N) is 1. The SMILES string of the molecule is COc1ccc(NC(=O)CSc2nc3nc(N)[nH]c(=O)c3[nH]2)cc1. The maximum absolute atomic E-state index is 12.0. The molecule has 124 valence electrons. The number of H-pyrrole nitrogens is 2. The minimum atomic E-state index is -0.403. The second-order valence-corrected chi connectivity index (χ2v) is 5.72. The van der Waals surface area contributed by atoms with E-state index in [-0.39, 0.29) is 28.8 Å². The van der Waals surface area contributed by atoms with Crippen LogP contribution < -0.4 is 21.3 Å². The van der Waals surface area contributed by atoms with Crippen molar-refractivity contribution in [3.05, 3.63) is 34.6 Å². The molecule has 10 heteroatoms. The summed E-state index contributed by atoms with van der Waals surface area (Å²) in [5, 5.41) is 3.17. The fourth-order valence-electron chi connectivity index (χ4n) is 1.98. The van der Waals surface area contributed by atoms with E-state index in [2.05, 4.69) is 25.3 Å². The van der Waals surface area contributed by atoms with Crippen molar-refractivity contribution < 1.29 is 9.53 Å². The first-order valence-electron chi connectivity index (χ1n) is 6.87. The summed E-state index contributed by atoms with van der Waals surface area (Å²) in [4.78, 5) is 36.9. The van der Waals surface area contributed by atoms with Gasteiger partial charge in [-0.2, -0.15) is 4.98 Å². The van der Waals surface area contributed by atoms with E-state index >= 15 is 0 Å². The average Bonchev–Trinajstić information content (AvgIpc) is 2.97. The Labute approximate surface area is 140 Å². The van der Waals surface area contributed by atoms with Crippen LogP contribution in [0.2, 0.25) is 0 Å². The molecule has 0 spiro atoms. The zero-order valence-electron chi connectivity index (χ0n) is 12.6. The minimum Gasteiger partial charge on any atom is -0.497 e. The van der Waals surface area contributed by atoms with Gasteiger partial charge in [0.2, 0.25) is 11.9 Å². The van der Waals surface area contributed by atoms with Gasteiger partial charge in [-0.05, 0) is 24.3 Å². The topological polar surface area (TPSA) is 139 Å². The number of carbonyl (C=O) groups is 1. The van der Waals surface area contributed by atoms with Crippen molar-refractivity contribution in [1.29, 1.82) is 0 Å². The molecule has 1 aromatic carbocycles. The number of anilines is 2. The summed E-state index contributed by atoms with van der Waals surface area (Å²) in [5.74, 6) is 0.626. The number of benzene rings is 1. The number of amides is 1. The van der Waals surface area contributed by atoms with Crippen LogP contribution in [-0.2, 0) is 4.79 Å². The Morgan fingerprint density at radius 1 is 1.29 bits per heavy atom. The van der Waals surface area contributed by atoms with E-state index in [0.717, 1.165) is 11.8 Å². The van der Waals surface area contributed by atoms with Crippen molar-refractivity contribution in [1.82, 2.24) is 19.9 Å². The van der Waals surface area contributed by atoms with E-state index in [1.54, 1.807) is 31.4 Å². The van der Waals surface area contributed by atoms with E-state index in [9.17, 15) is 9.59 Å². The summed E-state index contributed by atoms with van der Waals surface area (Å²) in [7, 11) is 1.57. The Morgan fingerprint density at radius 3 is 2.75 bits per heavy atom. The number of nitrogen functional groups attached to an aromatic ring is 1. The number of ether oxygens (including phenoxy) is 1. The van der Waals surface area contributed by atoms with Crippen molar-refractivity contribution >= 4 is 40.5 Å². The second-order valence-electron chi connectivity index (χ2n) is 4.76. The lowest BCUT2D eigenvalue weighted by Crippen LogP contribution is -2.14. The van der Waals surface area contributed by atoms with E-state index in [1.807, 2.05) is 0 Å². The Bertz CT molecular complexity index is 934. The van der Waals surface area contributed by atoms with Crippen molar-refractivity contribution in [2.24, 2.45) is 0 Å². The molecule has 0 aliphatic rings. The van der Waals surface area contributed by atoms with Gasteiger partial charge in [0, 0.05) is 5.69 Å². The molecule has 0 saturated carbocycles. The number of nitrogens with one attached hydrogen (secondary N) is 3. The predicted octanol–water partition coefficient (Wildman–Crippen LogP) is 0.968. The van der Waals surface area contributed by atoms with Crippen LogP contribution in [0.25, 0.3) is 11.2 Å². The van der Waals surface area contributed by atoms with E-state index in [0.29, 0.717) is 16.6 Å². The van der Waals surface area contributed by atoms with Gasteiger partial charge in [0.15, 0.2) is 16.3 Å². The molecule has 0 radical (unpaired) electrons. The third kappa shape index (κ3) is 3.49. The van der Waals surface area contributed by atoms with Gasteiger partial charge < -0.3 is 20.8 Å². The average molecular weight is 346 g/mol. The van der Waals surface area contributed by atoms with Crippen LogP contribution in [0.15, 0.2) is 34.2 Å². The third-order valence-electron chi connectivity index (χ3n) is 3.07. The molecular weight excluding hydrogens is 332 g/mol. The number of aromatic nitrogens is 4. The molecule has 5 N–H and O–H groups in total. The number of hydrogen-bond donors (Lipinski definition) is 4. The summed E-state index contributed by atoms with van der Waals surface area (Å²) < 4.78 is 5.05. The number of aromatic amines is 2. The van der Waals surface area contributed by atoms with Crippen LogP contribution in [0.5, 0.6) is 5.75 Å². The van der Waals surface area contributed by atoms with Gasteiger partial charge in [-0.25, -0.2) is 4.98 Å². The molecule has 0 saturated heterocycles. The highest BCUT2D eigenvalue weighted by Gasteiger charge is 2.11. The van der Waals surface area contributed by atoms with Crippen molar-refractivity contribution in [3.63, 3.8) is 0 Å². The standard InChI is InChI=1S/C14H14N6O3S/c1-23-8-4-2-7(3-5-8)16-9(21)6-24-14-17-10-11(19-14)18-13(15)20-12(10)22/h2-5H,6H2,1H3,(H,16,21)(H4,15,17,18,19,20,22). The monoisotopic (exact) mass is 346 g/mol. The number of imidazole rings is 1. The summed E-state index contributed by atoms with van der Waals surface area (Å²) in [6.07, 6.45) is 0. The van der Waals surface area contributed by atoms with Gasteiger partial charge in [-0.15, -0.1) is 0 Å². The molecule has 0 bridgehead atoms. The zero-order chi connectivity index (χ0) is 17.1. The quantitative estimate of drug-likeness (QED) is 0.505. The Morgan fingerprint density at radius 2 is 2.04 bits per heavy atom. The lowest BCUT2D eigenvalue weighted by molar-refractivity contribution is -0.113. The van der Waals surface area contributed by atoms with Gasteiger partial charge in [-0.3, -0.25) is 14.6 Å². The van der Waals surface area contributed by atoms with Crippen molar-refractivity contribution in [3.8, 4) is 5.75 Å². The van der Waals surface area contributed by atoms with Crippen LogP contribution in [-0.4, -0.2) is 38.7 Å². The molecule has 3 rings (SSSR count). The first kappa shape index (κ1) is 15.9. The van der Waals surface area contributed by atoms with Crippen molar-refractivity contribution in [2.45, 2.75) is 5.16 Å². The minimum absolute atomic E-state index is 0.00667. The number of methoxy groups -OCH3 is 1. The highest BCUT2D eigenvalue weighted by molar-refractivity contribution is 7.99. The van der Waals surface area contributed by atoms with Gasteiger partial charge in [-0.1, -0.05) is 11.8 Å². The van der Waals surface area contributed by atoms with Gasteiger partial charge in [0.25, 0.3) is 5.56 Å². The smallest absolute Gasteiger partial charge is 0.278 e. The first-order chi connectivity index (χ1) is 11.5. The number of rotatable bonds is 5. The number of nitrogens with zero attached hydrogens (tertiary/aromatic N) is 2. The maximum Gasteiger partial charge on any atom is 0.278 e. The molecule has 0 fully saturated rings. The van der Waals surface area contributed by atoms with Gasteiger partial charge >= 0.3 is 0 Å². The molecule has 2 heterocycles. The predicted molar refractivity (Wildman–Crippen MR) is 91.3 cm³/mol. The van der Waals surface area contributed by atoms with Gasteiger partial charge in [0.05, 0.1) is 12.9 Å². The Hall–Kier alpha value is -3.01. The number of thioether (sulfide) groups is 1. The maximum atomic E-state index is 12.0. The van der Waals surface area contributed by atoms with Crippen LogP contribution in [0, 0.1) is 0 Å². The zero-order valence-corrected chi connectivity index (χ0v) is 13.4. The molecule has 1 amide bonds. The van der Waals surface area contributed by atoms with Gasteiger partial charge in [0.1, 0.15) is 5.75 Å². The summed E-state index contributed by atoms with van der Waals surface area (Å²) in [5.41, 5.74) is 6.16. The second kappa shape index (κ2) is 6.62. The molecule has 9 nitrogen and oxygen atoms in total. The number of hydrogen-bond acceptors (Lipinski definition) is 7. The summed E-state index contributed by atoms with van der Waals surface area (Å²) in [6.45, 7) is 0. The lowest BCUT2D eigenvalue weighted by atomic mass is 10.3. The fraction of sp³-hybridized carbons (Fsp3) is 0.143. The Kier molecular flexibility index (Phi) is 4.38. The molecule has 0 aliphatic carbocycles. The molecule has 0 aliphatic heterocycles. The molecular formula is C14H14N6O3S. The third-order valence-corrected chi connectivity index (χ3v) is 3.95. The van der Waals surface area contributed by atoms with E-state index in [1.165, 1.54) is 0 Å². The summed E-state index contributed by atoms with van der Waals surface area (Å²) >= 11 is 1.16. The number of carbonyl (C=O) groups excluding carboxylic acids is 1. The highest BCUT2D eigenvalue weighted by Crippen LogP contribution is 2.18. The Balaban J connectivity index is 1.63.